The second-order valence-electron chi connectivity index (χ2n) is 3.71. The summed E-state index contributed by atoms with van der Waals surface area (Å²) in [6.45, 7) is 5.25. The summed E-state index contributed by atoms with van der Waals surface area (Å²) in [5, 5.41) is 3.34. The number of methoxy groups -OCH3 is 1. The van der Waals surface area contributed by atoms with E-state index in [9.17, 15) is 0 Å². The van der Waals surface area contributed by atoms with Crippen molar-refractivity contribution in [3.8, 4) is 5.75 Å². The molecule has 1 saturated heterocycles. The van der Waals surface area contributed by atoms with Gasteiger partial charge in [0, 0.05) is 45.0 Å². The van der Waals surface area contributed by atoms with E-state index in [1.54, 1.807) is 13.3 Å². The van der Waals surface area contributed by atoms with Gasteiger partial charge in [-0.15, -0.1) is 0 Å². The van der Waals surface area contributed by atoms with Crippen molar-refractivity contribution in [3.63, 3.8) is 0 Å². The smallest absolute Gasteiger partial charge is 0.122 e. The highest BCUT2D eigenvalue weighted by Gasteiger charge is 2.10. The molecule has 0 spiro atoms. The Morgan fingerprint density at radius 3 is 3.00 bits per heavy atom. The lowest BCUT2D eigenvalue weighted by atomic mass is 10.3. The fourth-order valence-corrected chi connectivity index (χ4v) is 1.77. The van der Waals surface area contributed by atoms with Gasteiger partial charge < -0.3 is 10.1 Å². The van der Waals surface area contributed by atoms with E-state index < -0.39 is 0 Å². The van der Waals surface area contributed by atoms with Crippen molar-refractivity contribution in [2.45, 2.75) is 6.54 Å². The predicted molar refractivity (Wildman–Crippen MR) is 58.9 cm³/mol. The Labute approximate surface area is 90.3 Å². The summed E-state index contributed by atoms with van der Waals surface area (Å²) in [5.41, 5.74) is 1.08. The van der Waals surface area contributed by atoms with Crippen LogP contribution in [0.15, 0.2) is 18.3 Å². The number of pyridine rings is 1. The fourth-order valence-electron chi connectivity index (χ4n) is 1.77. The summed E-state index contributed by atoms with van der Waals surface area (Å²) >= 11 is 0. The normalized spacial score (nSPS) is 17.7. The zero-order valence-electron chi connectivity index (χ0n) is 9.07. The second kappa shape index (κ2) is 5.09. The first-order valence-corrected chi connectivity index (χ1v) is 5.30. The summed E-state index contributed by atoms with van der Waals surface area (Å²) in [6, 6.07) is 3.88. The number of nitrogens with one attached hydrogen (secondary N) is 1. The van der Waals surface area contributed by atoms with Gasteiger partial charge in [-0.1, -0.05) is 0 Å². The van der Waals surface area contributed by atoms with Crippen molar-refractivity contribution in [2.24, 2.45) is 0 Å². The molecule has 1 aromatic heterocycles. The molecule has 0 radical (unpaired) electrons. The molecule has 1 N–H and O–H groups in total. The lowest BCUT2D eigenvalue weighted by molar-refractivity contribution is 0.230. The Kier molecular flexibility index (Phi) is 3.53. The molecular formula is C11H17N3O. The van der Waals surface area contributed by atoms with Crippen LogP contribution in [0.25, 0.3) is 0 Å². The van der Waals surface area contributed by atoms with Crippen LogP contribution < -0.4 is 10.1 Å². The molecular weight excluding hydrogens is 190 g/mol. The molecule has 0 unspecified atom stereocenters. The molecule has 1 aliphatic heterocycles. The highest BCUT2D eigenvalue weighted by atomic mass is 16.5. The highest BCUT2D eigenvalue weighted by molar-refractivity contribution is 5.22. The largest absolute Gasteiger partial charge is 0.497 e. The van der Waals surface area contributed by atoms with Gasteiger partial charge in [0.2, 0.25) is 0 Å². The molecule has 0 aliphatic carbocycles. The van der Waals surface area contributed by atoms with E-state index in [-0.39, 0.29) is 0 Å². The number of ether oxygens (including phenoxy) is 1. The maximum Gasteiger partial charge on any atom is 0.122 e. The van der Waals surface area contributed by atoms with Crippen molar-refractivity contribution in [1.29, 1.82) is 0 Å². The van der Waals surface area contributed by atoms with Crippen molar-refractivity contribution in [2.75, 3.05) is 33.3 Å². The van der Waals surface area contributed by atoms with Gasteiger partial charge in [0.05, 0.1) is 12.8 Å². The minimum atomic E-state index is 0.884. The van der Waals surface area contributed by atoms with Crippen LogP contribution in [0, 0.1) is 0 Å². The number of aromatic nitrogens is 1. The first kappa shape index (κ1) is 10.4. The van der Waals surface area contributed by atoms with Crippen LogP contribution in [0.2, 0.25) is 0 Å². The Morgan fingerprint density at radius 1 is 1.47 bits per heavy atom. The first-order valence-electron chi connectivity index (χ1n) is 5.30. The van der Waals surface area contributed by atoms with Crippen LogP contribution in [0.3, 0.4) is 0 Å². The topological polar surface area (TPSA) is 37.4 Å². The molecule has 4 nitrogen and oxygen atoms in total. The SMILES string of the molecule is COc1ccnc(CN2CCNCC2)c1. The minimum Gasteiger partial charge on any atom is -0.497 e. The van der Waals surface area contributed by atoms with Crippen LogP contribution in [0.4, 0.5) is 0 Å². The molecule has 0 saturated carbocycles. The maximum absolute atomic E-state index is 5.17. The van der Waals surface area contributed by atoms with Gasteiger partial charge in [0.15, 0.2) is 0 Å². The van der Waals surface area contributed by atoms with Gasteiger partial charge in [0.1, 0.15) is 5.75 Å². The third-order valence-electron chi connectivity index (χ3n) is 2.62. The lowest BCUT2D eigenvalue weighted by Crippen LogP contribution is -2.43. The molecule has 1 fully saturated rings. The number of hydrogen-bond acceptors (Lipinski definition) is 4. The highest BCUT2D eigenvalue weighted by Crippen LogP contribution is 2.11. The van der Waals surface area contributed by atoms with Gasteiger partial charge in [-0.3, -0.25) is 9.88 Å². The van der Waals surface area contributed by atoms with Crippen molar-refractivity contribution in [1.82, 2.24) is 15.2 Å². The number of hydrogen-bond donors (Lipinski definition) is 1. The molecule has 0 aromatic carbocycles. The summed E-state index contributed by atoms with van der Waals surface area (Å²) in [6.07, 6.45) is 1.80. The number of nitrogens with zero attached hydrogens (tertiary/aromatic N) is 2. The van der Waals surface area contributed by atoms with E-state index in [0.717, 1.165) is 44.2 Å². The molecule has 1 aliphatic rings. The van der Waals surface area contributed by atoms with Crippen molar-refractivity contribution in [3.05, 3.63) is 24.0 Å². The Hall–Kier alpha value is -1.13. The van der Waals surface area contributed by atoms with E-state index >= 15 is 0 Å². The van der Waals surface area contributed by atoms with Crippen molar-refractivity contribution >= 4 is 0 Å². The molecule has 0 atom stereocenters. The average molecular weight is 207 g/mol. The van der Waals surface area contributed by atoms with E-state index in [0.29, 0.717) is 0 Å². The fraction of sp³-hybridized carbons (Fsp3) is 0.545. The monoisotopic (exact) mass is 207 g/mol. The van der Waals surface area contributed by atoms with Gasteiger partial charge in [-0.05, 0) is 6.07 Å². The minimum absolute atomic E-state index is 0.884. The summed E-state index contributed by atoms with van der Waals surface area (Å²) in [4.78, 5) is 6.74. The Bertz CT molecular complexity index is 310. The lowest BCUT2D eigenvalue weighted by Gasteiger charge is -2.26. The van der Waals surface area contributed by atoms with Gasteiger partial charge >= 0.3 is 0 Å². The van der Waals surface area contributed by atoms with Crippen LogP contribution in [-0.4, -0.2) is 43.2 Å². The summed E-state index contributed by atoms with van der Waals surface area (Å²) < 4.78 is 5.17. The standard InChI is InChI=1S/C11H17N3O/c1-15-11-2-3-13-10(8-11)9-14-6-4-12-5-7-14/h2-3,8,12H,4-7,9H2,1H3. The molecule has 1 aromatic rings. The predicted octanol–water partition coefficient (Wildman–Crippen LogP) is 0.495. The van der Waals surface area contributed by atoms with E-state index in [1.165, 1.54) is 0 Å². The molecule has 0 bridgehead atoms. The van der Waals surface area contributed by atoms with Gasteiger partial charge in [-0.25, -0.2) is 0 Å². The van der Waals surface area contributed by atoms with Gasteiger partial charge in [-0.2, -0.15) is 0 Å². The van der Waals surface area contributed by atoms with E-state index in [1.807, 2.05) is 12.1 Å². The quantitative estimate of drug-likeness (QED) is 0.783. The second-order valence-corrected chi connectivity index (χ2v) is 3.71. The zero-order chi connectivity index (χ0) is 10.5. The third-order valence-corrected chi connectivity index (χ3v) is 2.62. The van der Waals surface area contributed by atoms with Crippen LogP contribution in [0.1, 0.15) is 5.69 Å². The number of piperazine rings is 1. The molecule has 0 amide bonds. The van der Waals surface area contributed by atoms with Crippen molar-refractivity contribution < 1.29 is 4.74 Å². The zero-order valence-corrected chi connectivity index (χ0v) is 9.07. The molecule has 2 heterocycles. The van der Waals surface area contributed by atoms with Crippen LogP contribution >= 0.6 is 0 Å². The van der Waals surface area contributed by atoms with Crippen LogP contribution in [0.5, 0.6) is 5.75 Å². The first-order chi connectivity index (χ1) is 7.38. The molecule has 4 heteroatoms. The van der Waals surface area contributed by atoms with E-state index in [2.05, 4.69) is 15.2 Å². The van der Waals surface area contributed by atoms with Crippen LogP contribution in [-0.2, 0) is 6.54 Å². The third kappa shape index (κ3) is 2.91. The molecule has 2 rings (SSSR count). The molecule has 15 heavy (non-hydrogen) atoms. The Balaban J connectivity index is 1.96. The van der Waals surface area contributed by atoms with Gasteiger partial charge in [0.25, 0.3) is 0 Å². The average Bonchev–Trinajstić information content (AvgIpc) is 2.31. The summed E-state index contributed by atoms with van der Waals surface area (Å²) in [7, 11) is 1.68. The number of rotatable bonds is 3. The summed E-state index contributed by atoms with van der Waals surface area (Å²) in [5.74, 6) is 0.884. The van der Waals surface area contributed by atoms with E-state index in [4.69, 9.17) is 4.74 Å². The molecule has 82 valence electrons. The Morgan fingerprint density at radius 2 is 2.27 bits per heavy atom. The maximum atomic E-state index is 5.17.